The van der Waals surface area contributed by atoms with Gasteiger partial charge >= 0.3 is 0 Å². The van der Waals surface area contributed by atoms with Crippen LogP contribution in [-0.4, -0.2) is 24.5 Å². The van der Waals surface area contributed by atoms with Crippen molar-refractivity contribution >= 4 is 15.9 Å². The Morgan fingerprint density at radius 1 is 1.29 bits per heavy atom. The fourth-order valence-corrected chi connectivity index (χ4v) is 3.67. The maximum atomic E-state index is 6.33. The van der Waals surface area contributed by atoms with Gasteiger partial charge in [0.05, 0.1) is 0 Å². The van der Waals surface area contributed by atoms with Crippen LogP contribution in [0.25, 0.3) is 0 Å². The van der Waals surface area contributed by atoms with Crippen LogP contribution < -0.4 is 5.73 Å². The highest BCUT2D eigenvalue weighted by Gasteiger charge is 2.28. The van der Waals surface area contributed by atoms with Gasteiger partial charge in [0.2, 0.25) is 0 Å². The van der Waals surface area contributed by atoms with Gasteiger partial charge in [-0.2, -0.15) is 0 Å². The van der Waals surface area contributed by atoms with Crippen molar-refractivity contribution < 1.29 is 0 Å². The van der Waals surface area contributed by atoms with E-state index in [2.05, 4.69) is 59.8 Å². The molecule has 3 heteroatoms. The number of rotatable bonds is 4. The molecule has 1 unspecified atom stereocenters. The maximum Gasteiger partial charge on any atom is 0.0307 e. The zero-order valence-corrected chi connectivity index (χ0v) is 15.2. The lowest BCUT2D eigenvalue weighted by Crippen LogP contribution is -2.39. The molecule has 118 valence electrons. The minimum absolute atomic E-state index is 0.142. The van der Waals surface area contributed by atoms with E-state index in [1.165, 1.54) is 31.5 Å². The Hall–Kier alpha value is -0.380. The highest BCUT2D eigenvalue weighted by Crippen LogP contribution is 2.34. The van der Waals surface area contributed by atoms with Gasteiger partial charge in [-0.3, -0.25) is 0 Å². The number of nitrogens with two attached hydrogens (primary N) is 1. The lowest BCUT2D eigenvalue weighted by atomic mass is 9.75. The zero-order valence-electron chi connectivity index (χ0n) is 13.6. The SMILES string of the molecule is CC(C)(C)C1CCN(CCC(N)c2cccc(Br)c2)CC1. The average Bonchev–Trinajstić information content (AvgIpc) is 2.44. The van der Waals surface area contributed by atoms with E-state index in [0.29, 0.717) is 5.41 Å². The number of hydrogen-bond donors (Lipinski definition) is 1. The van der Waals surface area contributed by atoms with Crippen LogP contribution in [0.4, 0.5) is 0 Å². The number of nitrogens with zero attached hydrogens (tertiary/aromatic N) is 1. The minimum Gasteiger partial charge on any atom is -0.324 e. The first-order chi connectivity index (χ1) is 9.86. The van der Waals surface area contributed by atoms with Gasteiger partial charge in [0.15, 0.2) is 0 Å². The van der Waals surface area contributed by atoms with Crippen LogP contribution in [0.3, 0.4) is 0 Å². The largest absolute Gasteiger partial charge is 0.324 e. The van der Waals surface area contributed by atoms with Crippen LogP contribution in [-0.2, 0) is 0 Å². The van der Waals surface area contributed by atoms with E-state index in [1.54, 1.807) is 0 Å². The minimum atomic E-state index is 0.142. The number of likely N-dealkylation sites (tertiary alicyclic amines) is 1. The van der Waals surface area contributed by atoms with Crippen molar-refractivity contribution in [2.24, 2.45) is 17.1 Å². The molecule has 2 nitrogen and oxygen atoms in total. The summed E-state index contributed by atoms with van der Waals surface area (Å²) in [5.41, 5.74) is 8.02. The monoisotopic (exact) mass is 352 g/mol. The van der Waals surface area contributed by atoms with Crippen molar-refractivity contribution in [1.82, 2.24) is 4.90 Å². The van der Waals surface area contributed by atoms with Gasteiger partial charge < -0.3 is 10.6 Å². The number of halogens is 1. The van der Waals surface area contributed by atoms with E-state index in [9.17, 15) is 0 Å². The van der Waals surface area contributed by atoms with Gasteiger partial charge in [-0.25, -0.2) is 0 Å². The fraction of sp³-hybridized carbons (Fsp3) is 0.667. The lowest BCUT2D eigenvalue weighted by molar-refractivity contribution is 0.110. The summed E-state index contributed by atoms with van der Waals surface area (Å²) in [6.07, 6.45) is 3.70. The fourth-order valence-electron chi connectivity index (χ4n) is 3.25. The molecule has 2 rings (SSSR count). The number of hydrogen-bond acceptors (Lipinski definition) is 2. The van der Waals surface area contributed by atoms with E-state index >= 15 is 0 Å². The predicted molar refractivity (Wildman–Crippen MR) is 94.3 cm³/mol. The molecular formula is C18H29BrN2. The van der Waals surface area contributed by atoms with Crippen LogP contribution in [0.1, 0.15) is 51.6 Å². The molecule has 1 saturated heterocycles. The van der Waals surface area contributed by atoms with Crippen molar-refractivity contribution in [3.8, 4) is 0 Å². The van der Waals surface area contributed by atoms with Gasteiger partial charge in [0, 0.05) is 10.5 Å². The predicted octanol–water partition coefficient (Wildman–Crippen LogP) is 4.60. The Balaban J connectivity index is 1.77. The quantitative estimate of drug-likeness (QED) is 0.857. The van der Waals surface area contributed by atoms with Crippen molar-refractivity contribution in [1.29, 1.82) is 0 Å². The van der Waals surface area contributed by atoms with Gasteiger partial charge in [-0.1, -0.05) is 48.8 Å². The molecule has 0 radical (unpaired) electrons. The molecule has 0 saturated carbocycles. The third-order valence-electron chi connectivity index (χ3n) is 4.85. The summed E-state index contributed by atoms with van der Waals surface area (Å²) in [7, 11) is 0. The maximum absolute atomic E-state index is 6.33. The Morgan fingerprint density at radius 3 is 2.52 bits per heavy atom. The summed E-state index contributed by atoms with van der Waals surface area (Å²) in [6.45, 7) is 10.7. The molecule has 0 spiro atoms. The van der Waals surface area contributed by atoms with E-state index in [4.69, 9.17) is 5.73 Å². The molecule has 0 aliphatic carbocycles. The molecule has 21 heavy (non-hydrogen) atoms. The van der Waals surface area contributed by atoms with E-state index in [0.717, 1.165) is 23.4 Å². The first-order valence-corrected chi connectivity index (χ1v) is 8.89. The summed E-state index contributed by atoms with van der Waals surface area (Å²) >= 11 is 3.52. The molecule has 1 aliphatic heterocycles. The van der Waals surface area contributed by atoms with Crippen molar-refractivity contribution in [3.05, 3.63) is 34.3 Å². The van der Waals surface area contributed by atoms with E-state index in [1.807, 2.05) is 6.07 Å². The van der Waals surface area contributed by atoms with Crippen molar-refractivity contribution in [3.63, 3.8) is 0 Å². The summed E-state index contributed by atoms with van der Waals surface area (Å²) in [5, 5.41) is 0. The van der Waals surface area contributed by atoms with Gasteiger partial charge in [0.1, 0.15) is 0 Å². The summed E-state index contributed by atoms with van der Waals surface area (Å²) < 4.78 is 1.11. The molecule has 0 bridgehead atoms. The Kier molecular flexibility index (Phi) is 5.87. The second-order valence-electron chi connectivity index (χ2n) is 7.43. The Morgan fingerprint density at radius 2 is 1.95 bits per heavy atom. The first-order valence-electron chi connectivity index (χ1n) is 8.09. The van der Waals surface area contributed by atoms with Gasteiger partial charge in [-0.05, 0) is 67.9 Å². The molecule has 1 aromatic rings. The molecular weight excluding hydrogens is 324 g/mol. The highest BCUT2D eigenvalue weighted by atomic mass is 79.9. The van der Waals surface area contributed by atoms with Crippen LogP contribution in [0, 0.1) is 11.3 Å². The molecule has 0 aromatic heterocycles. The van der Waals surface area contributed by atoms with Crippen LogP contribution in [0.5, 0.6) is 0 Å². The second kappa shape index (κ2) is 7.26. The molecule has 2 N–H and O–H groups in total. The third kappa shape index (κ3) is 5.08. The standard InChI is InChI=1S/C18H29BrN2/c1-18(2,3)15-7-10-21(11-8-15)12-9-17(20)14-5-4-6-16(19)13-14/h4-6,13,15,17H,7-12,20H2,1-3H3. The lowest BCUT2D eigenvalue weighted by Gasteiger charge is -2.39. The second-order valence-corrected chi connectivity index (χ2v) is 8.35. The smallest absolute Gasteiger partial charge is 0.0307 e. The topological polar surface area (TPSA) is 29.3 Å². The zero-order chi connectivity index (χ0) is 15.5. The normalized spacial score (nSPS) is 19.7. The van der Waals surface area contributed by atoms with Crippen LogP contribution in [0.2, 0.25) is 0 Å². The Labute approximate surface area is 138 Å². The number of benzene rings is 1. The van der Waals surface area contributed by atoms with Crippen molar-refractivity contribution in [2.45, 2.75) is 46.1 Å². The van der Waals surface area contributed by atoms with E-state index in [-0.39, 0.29) is 6.04 Å². The molecule has 1 atom stereocenters. The van der Waals surface area contributed by atoms with Crippen LogP contribution >= 0.6 is 15.9 Å². The van der Waals surface area contributed by atoms with Crippen LogP contribution in [0.15, 0.2) is 28.7 Å². The number of piperidine rings is 1. The molecule has 1 heterocycles. The van der Waals surface area contributed by atoms with Gasteiger partial charge in [-0.15, -0.1) is 0 Å². The Bertz CT molecular complexity index is 445. The average molecular weight is 353 g/mol. The molecule has 1 aliphatic rings. The summed E-state index contributed by atoms with van der Waals surface area (Å²) in [6, 6.07) is 8.52. The summed E-state index contributed by atoms with van der Waals surface area (Å²) in [5.74, 6) is 0.868. The van der Waals surface area contributed by atoms with Crippen molar-refractivity contribution in [2.75, 3.05) is 19.6 Å². The first kappa shape index (κ1) is 17.0. The molecule has 1 fully saturated rings. The third-order valence-corrected chi connectivity index (χ3v) is 5.34. The highest BCUT2D eigenvalue weighted by molar-refractivity contribution is 9.10. The van der Waals surface area contributed by atoms with E-state index < -0.39 is 0 Å². The molecule has 1 aromatic carbocycles. The van der Waals surface area contributed by atoms with Gasteiger partial charge in [0.25, 0.3) is 0 Å². The summed E-state index contributed by atoms with van der Waals surface area (Å²) in [4.78, 5) is 2.58. The molecule has 0 amide bonds.